The minimum absolute atomic E-state index is 0.262. The number of imidazole rings is 1. The lowest BCUT2D eigenvalue weighted by atomic mass is 10.1. The molecule has 3 fully saturated rings. The molecule has 78 heavy (non-hydrogen) atoms. The van der Waals surface area contributed by atoms with Crippen molar-refractivity contribution in [3.8, 4) is 0 Å². The molecule has 8 heterocycles. The number of alkyl halides is 3. The summed E-state index contributed by atoms with van der Waals surface area (Å²) in [5.41, 5.74) is 0.230. The maximum Gasteiger partial charge on any atom is 0.471 e. The van der Waals surface area contributed by atoms with Crippen LogP contribution >= 0.6 is 13.4 Å². The molecule has 0 aliphatic carbocycles. The normalized spacial score (nSPS) is 28.1. The van der Waals surface area contributed by atoms with Crippen LogP contribution in [0.25, 0.3) is 27.0 Å². The van der Waals surface area contributed by atoms with E-state index >= 15 is 0 Å². The summed E-state index contributed by atoms with van der Waals surface area (Å²) in [7, 11) is -2.90. The van der Waals surface area contributed by atoms with Crippen LogP contribution in [0.3, 0.4) is 0 Å². The Morgan fingerprint density at radius 3 is 2.41 bits per heavy atom. The van der Waals surface area contributed by atoms with Crippen molar-refractivity contribution in [3.05, 3.63) is 82.1 Å². The van der Waals surface area contributed by atoms with Crippen LogP contribution in [0.5, 0.6) is 0 Å². The van der Waals surface area contributed by atoms with Crippen molar-refractivity contribution in [1.82, 2.24) is 39.4 Å². The third kappa shape index (κ3) is 11.8. The smallest absolute Gasteiger partial charge is 0.407 e. The molecule has 9 rings (SSSR count). The Morgan fingerprint density at radius 2 is 1.72 bits per heavy atom. The minimum Gasteiger partial charge on any atom is -0.407 e. The van der Waals surface area contributed by atoms with Gasteiger partial charge in [-0.25, -0.2) is 21.5 Å². The first-order valence-corrected chi connectivity index (χ1v) is 32.7. The fraction of sp³-hybridized carbons (Fsp3) is 0.543. The lowest BCUT2D eigenvalue weighted by molar-refractivity contribution is -0.175. The number of carbonyl (C=O) groups is 3. The van der Waals surface area contributed by atoms with E-state index in [1.807, 2.05) is 51.4 Å². The van der Waals surface area contributed by atoms with Crippen LogP contribution in [0.15, 0.2) is 54.0 Å². The number of hydrogen-bond acceptors (Lipinski definition) is 18. The van der Waals surface area contributed by atoms with Gasteiger partial charge in [0.1, 0.15) is 54.9 Å². The van der Waals surface area contributed by atoms with Gasteiger partial charge < -0.3 is 47.1 Å². The fourth-order valence-corrected chi connectivity index (χ4v) is 13.8. The topological polar surface area (TPSA) is 271 Å². The first-order chi connectivity index (χ1) is 36.7. The van der Waals surface area contributed by atoms with Crippen molar-refractivity contribution in [2.24, 2.45) is 5.92 Å². The molecule has 2 unspecified atom stereocenters. The molecule has 0 saturated carbocycles. The third-order valence-corrected chi connectivity index (χ3v) is 22.3. The second kappa shape index (κ2) is 22.2. The van der Waals surface area contributed by atoms with E-state index in [0.717, 1.165) is 16.5 Å². The number of anilines is 2. The monoisotopic (exact) mass is 1180 g/mol. The number of nitrogens with zero attached hydrogens (tertiary/aromatic N) is 8. The first-order valence-electron chi connectivity index (χ1n) is 24.6. The van der Waals surface area contributed by atoms with Crippen LogP contribution < -0.4 is 21.1 Å². The molecule has 24 nitrogen and oxygen atoms in total. The van der Waals surface area contributed by atoms with Crippen LogP contribution in [0.4, 0.5) is 24.9 Å². The molecular formula is C46H56F3N11O13P2S2Si. The second-order valence-corrected chi connectivity index (χ2v) is 31.1. The number of aromatic nitrogens is 7. The molecule has 4 N–H and O–H groups in total. The van der Waals surface area contributed by atoms with Crippen molar-refractivity contribution in [3.63, 3.8) is 0 Å². The summed E-state index contributed by atoms with van der Waals surface area (Å²) in [5.74, 6) is -3.72. The molecule has 5 aromatic rings. The quantitative estimate of drug-likeness (QED) is 0.0498. The molecule has 4 aliphatic heterocycles. The van der Waals surface area contributed by atoms with Crippen molar-refractivity contribution in [2.75, 3.05) is 43.1 Å². The second-order valence-electron chi connectivity index (χ2n) is 20.6. The Kier molecular flexibility index (Phi) is 16.4. The van der Waals surface area contributed by atoms with Gasteiger partial charge in [0.15, 0.2) is 31.9 Å². The molecule has 10 atom stereocenters. The predicted molar refractivity (Wildman–Crippen MR) is 283 cm³/mol. The van der Waals surface area contributed by atoms with Crippen molar-refractivity contribution in [1.29, 1.82) is 0 Å². The van der Waals surface area contributed by atoms with Crippen LogP contribution in [0.2, 0.25) is 18.1 Å². The molecular weight excluding hydrogens is 1130 g/mol. The Morgan fingerprint density at radius 1 is 1.00 bits per heavy atom. The molecule has 2 bridgehead atoms. The molecule has 0 spiro atoms. The number of benzene rings is 1. The van der Waals surface area contributed by atoms with E-state index in [0.29, 0.717) is 41.8 Å². The average Bonchev–Trinajstić information content (AvgIpc) is 4.32. The first kappa shape index (κ1) is 57.7. The highest BCUT2D eigenvalue weighted by Crippen LogP contribution is 2.58. The van der Waals surface area contributed by atoms with E-state index < -0.39 is 125 Å². The van der Waals surface area contributed by atoms with Gasteiger partial charge in [0.05, 0.1) is 31.0 Å². The summed E-state index contributed by atoms with van der Waals surface area (Å²) in [6, 6.07) is 6.92. The van der Waals surface area contributed by atoms with Crippen LogP contribution in [-0.4, -0.2) is 141 Å². The number of fused-ring (bicyclic) bond motifs is 4. The Hall–Kier alpha value is -4.96. The number of amides is 3. The van der Waals surface area contributed by atoms with E-state index in [-0.39, 0.29) is 29.6 Å². The lowest BCUT2D eigenvalue weighted by Gasteiger charge is -2.41. The number of carbonyl (C=O) groups excluding carboxylic acids is 3. The van der Waals surface area contributed by atoms with Gasteiger partial charge in [0.25, 0.3) is 11.5 Å². The summed E-state index contributed by atoms with van der Waals surface area (Å²) in [4.78, 5) is 90.5. The average molecular weight is 1180 g/mol. The van der Waals surface area contributed by atoms with Crippen LogP contribution in [0.1, 0.15) is 69.4 Å². The van der Waals surface area contributed by atoms with E-state index in [1.165, 1.54) is 6.33 Å². The standard InChI is InChI=1S/C46H56F3N11O13P2S2Si/c1-24(2)38(61)56-44-55-37-31(39(62)57-44)53-23-60(37)41-33-30(54-43(64)46(47,48)49)27(69-41)20-67-74(65,76)71-32-28(21-68-75(77,72-33)66-18-16-50-6)70-42(34(32)73-78(7,8)45(3,4)5)59-19-26-15-12-17-58(35-29(26)36(59)52-22-51-35)40(63)25-13-10-9-11-14-25/h9-11,13-14,19,22-24,27-28,30,32-34,41-42H,12,15-18,20-21H2,1-5,7-8H3,(H,54,64)(H,65,76)(H2,55,56,57,61,62)/t27-,28-,30-,32-,33-,34-,41-,42-,74?,75?/m1/s1. The number of ether oxygens (including phenoxy) is 2. The van der Waals surface area contributed by atoms with Gasteiger partial charge in [-0.3, -0.25) is 48.0 Å². The summed E-state index contributed by atoms with van der Waals surface area (Å²) in [6.07, 6.45) is -10.4. The zero-order chi connectivity index (χ0) is 56.3. The molecule has 4 aliphatic rings. The Labute approximate surface area is 455 Å². The van der Waals surface area contributed by atoms with Gasteiger partial charge in [0.2, 0.25) is 18.4 Å². The SMILES string of the molecule is [C-]#[N+]CCOP1(=S)OC[C@H]2O[C@@H](n3cc4c5c(ncnc53)N(C(=O)c3ccccc3)CCC4)[C@H](O[Si](C)(C)C(C)(C)C)[C@@H]2OP(O)(=S)OC[C@H]2O[C@@H](n3cnc4c(=O)[nH]c(NC(=O)C(C)C)nc43)[C@H](O1)[C@@H]2NC(=O)C(F)(F)F. The molecule has 3 saturated heterocycles. The lowest BCUT2D eigenvalue weighted by Crippen LogP contribution is -2.52. The van der Waals surface area contributed by atoms with E-state index in [1.54, 1.807) is 47.6 Å². The van der Waals surface area contributed by atoms with Gasteiger partial charge in [-0.2, -0.15) is 18.2 Å². The minimum atomic E-state index is -5.46. The highest BCUT2D eigenvalue weighted by Gasteiger charge is 2.57. The van der Waals surface area contributed by atoms with Gasteiger partial charge in [-0.1, -0.05) is 52.8 Å². The highest BCUT2D eigenvalue weighted by molar-refractivity contribution is 8.07. The van der Waals surface area contributed by atoms with Crippen molar-refractivity contribution in [2.45, 2.75) is 121 Å². The predicted octanol–water partition coefficient (Wildman–Crippen LogP) is 6.18. The third-order valence-electron chi connectivity index (χ3n) is 13.9. The zero-order valence-corrected chi connectivity index (χ0v) is 47.5. The van der Waals surface area contributed by atoms with Gasteiger partial charge in [-0.05, 0) is 72.3 Å². The summed E-state index contributed by atoms with van der Waals surface area (Å²) < 4.78 is 97.5. The van der Waals surface area contributed by atoms with Crippen LogP contribution in [-0.2, 0) is 76.1 Å². The molecule has 4 aromatic heterocycles. The number of H-pyrrole nitrogens is 1. The maximum atomic E-state index is 14.2. The maximum absolute atomic E-state index is 14.2. The van der Waals surface area contributed by atoms with Crippen LogP contribution in [0, 0.1) is 12.5 Å². The number of rotatable bonds is 11. The van der Waals surface area contributed by atoms with Crippen molar-refractivity contribution >= 4 is 97.1 Å². The summed E-state index contributed by atoms with van der Waals surface area (Å²) in [6.45, 7) is 9.82. The molecule has 1 aromatic carbocycles. The van der Waals surface area contributed by atoms with E-state index in [4.69, 9.17) is 71.7 Å². The number of nitrogens with one attached hydrogen (secondary N) is 3. The Balaban J connectivity index is 1.15. The van der Waals surface area contributed by atoms with E-state index in [9.17, 15) is 37.2 Å². The molecule has 420 valence electrons. The fourth-order valence-electron chi connectivity index (χ4n) is 9.05. The van der Waals surface area contributed by atoms with Gasteiger partial charge in [-0.15, -0.1) is 0 Å². The van der Waals surface area contributed by atoms with Crippen molar-refractivity contribution < 1.29 is 69.0 Å². The molecule has 3 amide bonds. The highest BCUT2D eigenvalue weighted by atomic mass is 32.5. The van der Waals surface area contributed by atoms with E-state index in [2.05, 4.69) is 30.1 Å². The van der Waals surface area contributed by atoms with Gasteiger partial charge in [0, 0.05) is 24.2 Å². The largest absolute Gasteiger partial charge is 0.471 e. The summed E-state index contributed by atoms with van der Waals surface area (Å²) in [5, 5.41) is 4.54. The molecule has 0 radical (unpaired) electrons. The number of hydrogen-bond donors (Lipinski definition) is 4. The number of halogens is 3. The Bertz CT molecular complexity index is 3320. The summed E-state index contributed by atoms with van der Waals surface area (Å²) >= 11 is 11.7. The zero-order valence-electron chi connectivity index (χ0n) is 43.0. The number of aryl methyl sites for hydroxylation is 1. The number of aromatic amines is 1. The molecule has 32 heteroatoms. The van der Waals surface area contributed by atoms with Gasteiger partial charge >= 0.3 is 25.5 Å².